The van der Waals surface area contributed by atoms with Gasteiger partial charge in [-0.1, -0.05) is 13.8 Å². The highest BCUT2D eigenvalue weighted by Crippen LogP contribution is 2.04. The Morgan fingerprint density at radius 1 is 1.67 bits per heavy atom. The zero-order valence-electron chi connectivity index (χ0n) is 7.10. The summed E-state index contributed by atoms with van der Waals surface area (Å²) in [5.41, 5.74) is -0.450. The van der Waals surface area contributed by atoms with Crippen molar-refractivity contribution in [3.05, 3.63) is 28.2 Å². The Labute approximate surface area is 69.7 Å². The Bertz CT molecular complexity index is 319. The van der Waals surface area contributed by atoms with E-state index in [1.165, 1.54) is 6.33 Å². The van der Waals surface area contributed by atoms with Crippen LogP contribution in [0.2, 0.25) is 0 Å². The van der Waals surface area contributed by atoms with Crippen LogP contribution < -0.4 is 5.56 Å². The van der Waals surface area contributed by atoms with Crippen LogP contribution in [-0.2, 0) is 6.42 Å². The molecule has 1 rings (SSSR count). The Balaban J connectivity index is 3.00. The number of nitrogens with one attached hydrogen (secondary N) is 1. The first-order valence-electron chi connectivity index (χ1n) is 3.83. The van der Waals surface area contributed by atoms with E-state index in [-0.39, 0.29) is 5.69 Å². The van der Waals surface area contributed by atoms with Crippen LogP contribution in [0.15, 0.2) is 11.1 Å². The first-order chi connectivity index (χ1) is 5.61. The van der Waals surface area contributed by atoms with Gasteiger partial charge in [-0.05, 0) is 12.3 Å². The molecule has 4 heteroatoms. The van der Waals surface area contributed by atoms with Crippen LogP contribution in [0.4, 0.5) is 4.39 Å². The third-order valence-electron chi connectivity index (χ3n) is 1.47. The van der Waals surface area contributed by atoms with Gasteiger partial charge in [0.2, 0.25) is 5.82 Å². The summed E-state index contributed by atoms with van der Waals surface area (Å²) in [6.45, 7) is 3.89. The summed E-state index contributed by atoms with van der Waals surface area (Å²) >= 11 is 0. The highest BCUT2D eigenvalue weighted by molar-refractivity contribution is 5.02. The van der Waals surface area contributed by atoms with E-state index in [0.717, 1.165) is 0 Å². The number of aromatic nitrogens is 2. The molecule has 12 heavy (non-hydrogen) atoms. The summed E-state index contributed by atoms with van der Waals surface area (Å²) in [6, 6.07) is 0. The molecule has 66 valence electrons. The summed E-state index contributed by atoms with van der Waals surface area (Å²) in [7, 11) is 0. The lowest BCUT2D eigenvalue weighted by Crippen LogP contribution is -2.15. The molecule has 0 bridgehead atoms. The highest BCUT2D eigenvalue weighted by atomic mass is 19.1. The van der Waals surface area contributed by atoms with Crippen LogP contribution in [0.25, 0.3) is 0 Å². The van der Waals surface area contributed by atoms with Crippen LogP contribution in [0, 0.1) is 11.7 Å². The standard InChI is InChI=1S/C8H11FN2O/c1-5(2)3-6-7(9)8(12)11-4-10-6/h4-5H,3H2,1-2H3,(H,10,11,12). The Morgan fingerprint density at radius 2 is 2.33 bits per heavy atom. The smallest absolute Gasteiger partial charge is 0.287 e. The minimum absolute atomic E-state index is 0.244. The average Bonchev–Trinajstić information content (AvgIpc) is 1.98. The lowest BCUT2D eigenvalue weighted by Gasteiger charge is -2.02. The number of hydrogen-bond donors (Lipinski definition) is 1. The Kier molecular flexibility index (Phi) is 2.58. The predicted molar refractivity (Wildman–Crippen MR) is 43.4 cm³/mol. The molecule has 1 heterocycles. The van der Waals surface area contributed by atoms with E-state index < -0.39 is 11.4 Å². The third kappa shape index (κ3) is 1.90. The van der Waals surface area contributed by atoms with E-state index >= 15 is 0 Å². The number of hydrogen-bond acceptors (Lipinski definition) is 2. The van der Waals surface area contributed by atoms with Crippen molar-refractivity contribution in [2.45, 2.75) is 20.3 Å². The molecule has 0 spiro atoms. The largest absolute Gasteiger partial charge is 0.311 e. The van der Waals surface area contributed by atoms with Gasteiger partial charge >= 0.3 is 0 Å². The van der Waals surface area contributed by atoms with E-state index in [9.17, 15) is 9.18 Å². The van der Waals surface area contributed by atoms with Crippen molar-refractivity contribution in [3.8, 4) is 0 Å². The molecule has 0 saturated carbocycles. The topological polar surface area (TPSA) is 45.8 Å². The summed E-state index contributed by atoms with van der Waals surface area (Å²) in [5.74, 6) is -0.458. The lowest BCUT2D eigenvalue weighted by atomic mass is 10.1. The fourth-order valence-electron chi connectivity index (χ4n) is 0.949. The minimum atomic E-state index is -0.758. The van der Waals surface area contributed by atoms with E-state index in [0.29, 0.717) is 12.3 Å². The van der Waals surface area contributed by atoms with Gasteiger partial charge in [0.05, 0.1) is 12.0 Å². The molecule has 0 aliphatic rings. The number of aromatic amines is 1. The van der Waals surface area contributed by atoms with Gasteiger partial charge < -0.3 is 4.98 Å². The van der Waals surface area contributed by atoms with Gasteiger partial charge in [0.15, 0.2) is 0 Å². The fourth-order valence-corrected chi connectivity index (χ4v) is 0.949. The van der Waals surface area contributed by atoms with Gasteiger partial charge in [-0.25, -0.2) is 4.98 Å². The van der Waals surface area contributed by atoms with Gasteiger partial charge in [-0.3, -0.25) is 4.79 Å². The van der Waals surface area contributed by atoms with E-state index in [1.807, 2.05) is 13.8 Å². The first kappa shape index (κ1) is 8.90. The number of H-pyrrole nitrogens is 1. The molecule has 0 atom stereocenters. The van der Waals surface area contributed by atoms with Crippen molar-refractivity contribution in [2.75, 3.05) is 0 Å². The fraction of sp³-hybridized carbons (Fsp3) is 0.500. The van der Waals surface area contributed by atoms with E-state index in [1.54, 1.807) is 0 Å². The molecule has 0 aliphatic carbocycles. The van der Waals surface area contributed by atoms with Gasteiger partial charge in [-0.15, -0.1) is 0 Å². The van der Waals surface area contributed by atoms with Gasteiger partial charge in [0.25, 0.3) is 5.56 Å². The summed E-state index contributed by atoms with van der Waals surface area (Å²) in [5, 5.41) is 0. The molecule has 0 aromatic carbocycles. The molecule has 1 N–H and O–H groups in total. The first-order valence-corrected chi connectivity index (χ1v) is 3.83. The third-order valence-corrected chi connectivity index (χ3v) is 1.47. The van der Waals surface area contributed by atoms with Crippen LogP contribution in [0.5, 0.6) is 0 Å². The summed E-state index contributed by atoms with van der Waals surface area (Å²) in [6.07, 6.45) is 1.72. The SMILES string of the molecule is CC(C)Cc1nc[nH]c(=O)c1F. The highest BCUT2D eigenvalue weighted by Gasteiger charge is 2.08. The molecule has 0 fully saturated rings. The monoisotopic (exact) mass is 170 g/mol. The molecule has 0 unspecified atom stereocenters. The summed E-state index contributed by atoms with van der Waals surface area (Å²) in [4.78, 5) is 16.7. The molecule has 0 amide bonds. The second-order valence-electron chi connectivity index (χ2n) is 3.09. The summed E-state index contributed by atoms with van der Waals surface area (Å²) < 4.78 is 13.0. The Morgan fingerprint density at radius 3 is 2.92 bits per heavy atom. The molecule has 1 aromatic rings. The predicted octanol–water partition coefficient (Wildman–Crippen LogP) is 1.11. The normalized spacial score (nSPS) is 10.7. The molecule has 0 aliphatic heterocycles. The number of nitrogens with zero attached hydrogens (tertiary/aromatic N) is 1. The van der Waals surface area contributed by atoms with Crippen molar-refractivity contribution in [3.63, 3.8) is 0 Å². The van der Waals surface area contributed by atoms with Crippen LogP contribution in [-0.4, -0.2) is 9.97 Å². The quantitative estimate of drug-likeness (QED) is 0.722. The molecule has 3 nitrogen and oxygen atoms in total. The molecular weight excluding hydrogens is 159 g/mol. The molecule has 0 saturated heterocycles. The van der Waals surface area contributed by atoms with Crippen molar-refractivity contribution in [1.29, 1.82) is 0 Å². The molecule has 1 aromatic heterocycles. The number of halogens is 1. The maximum absolute atomic E-state index is 13.0. The van der Waals surface area contributed by atoms with Crippen molar-refractivity contribution >= 4 is 0 Å². The van der Waals surface area contributed by atoms with Crippen molar-refractivity contribution in [2.24, 2.45) is 5.92 Å². The van der Waals surface area contributed by atoms with Gasteiger partial charge in [0, 0.05) is 0 Å². The van der Waals surface area contributed by atoms with Crippen molar-refractivity contribution in [1.82, 2.24) is 9.97 Å². The maximum Gasteiger partial charge on any atom is 0.287 e. The Hall–Kier alpha value is -1.19. The van der Waals surface area contributed by atoms with E-state index in [2.05, 4.69) is 9.97 Å². The average molecular weight is 170 g/mol. The lowest BCUT2D eigenvalue weighted by molar-refractivity contribution is 0.544. The molecular formula is C8H11FN2O. The second kappa shape index (κ2) is 3.47. The minimum Gasteiger partial charge on any atom is -0.311 e. The maximum atomic E-state index is 13.0. The number of rotatable bonds is 2. The zero-order valence-corrected chi connectivity index (χ0v) is 7.10. The van der Waals surface area contributed by atoms with E-state index in [4.69, 9.17) is 0 Å². The van der Waals surface area contributed by atoms with Crippen LogP contribution >= 0.6 is 0 Å². The van der Waals surface area contributed by atoms with Crippen LogP contribution in [0.3, 0.4) is 0 Å². The van der Waals surface area contributed by atoms with Crippen molar-refractivity contribution < 1.29 is 4.39 Å². The van der Waals surface area contributed by atoms with Gasteiger partial charge in [-0.2, -0.15) is 4.39 Å². The molecule has 0 radical (unpaired) electrons. The second-order valence-corrected chi connectivity index (χ2v) is 3.09. The zero-order chi connectivity index (χ0) is 9.14. The van der Waals surface area contributed by atoms with Gasteiger partial charge in [0.1, 0.15) is 0 Å². The van der Waals surface area contributed by atoms with Crippen LogP contribution in [0.1, 0.15) is 19.5 Å².